The molecule has 0 radical (unpaired) electrons. The molecule has 0 unspecified atom stereocenters. The zero-order chi connectivity index (χ0) is 27.8. The van der Waals surface area contributed by atoms with E-state index in [0.29, 0.717) is 10.6 Å². The van der Waals surface area contributed by atoms with Crippen molar-refractivity contribution in [1.29, 1.82) is 0 Å². The number of aromatic nitrogens is 2. The molecule has 0 aliphatic heterocycles. The summed E-state index contributed by atoms with van der Waals surface area (Å²) in [7, 11) is 0. The smallest absolute Gasteiger partial charge is 0.330 e. The van der Waals surface area contributed by atoms with E-state index in [0.717, 1.165) is 15.0 Å². The number of benzene rings is 2. The predicted octanol–water partition coefficient (Wildman–Crippen LogP) is 1.78. The molecule has 1 aromatic heterocycles. The summed E-state index contributed by atoms with van der Waals surface area (Å²) in [6.07, 6.45) is 0. The van der Waals surface area contributed by atoms with Gasteiger partial charge >= 0.3 is 11.7 Å². The number of H-pyrrole nitrogens is 1. The van der Waals surface area contributed by atoms with Gasteiger partial charge in [-0.3, -0.25) is 28.7 Å². The van der Waals surface area contributed by atoms with Crippen molar-refractivity contribution in [2.75, 3.05) is 30.3 Å². The molecule has 0 aliphatic rings. The molecule has 200 valence electrons. The normalized spacial score (nSPS) is 10.7. The third-order valence-corrected chi connectivity index (χ3v) is 5.62. The quantitative estimate of drug-likeness (QED) is 0.330. The molecule has 1 heterocycles. The maximum absolute atomic E-state index is 13.1. The van der Waals surface area contributed by atoms with E-state index in [2.05, 4.69) is 10.3 Å². The van der Waals surface area contributed by atoms with Gasteiger partial charge in [0.25, 0.3) is 17.4 Å². The lowest BCUT2D eigenvalue weighted by molar-refractivity contribution is -0.146. The van der Waals surface area contributed by atoms with Crippen LogP contribution >= 0.6 is 11.6 Å². The largest absolute Gasteiger partial charge is 0.454 e. The second-order valence-electron chi connectivity index (χ2n) is 8.81. The van der Waals surface area contributed by atoms with Crippen molar-refractivity contribution in [3.8, 4) is 0 Å². The number of nitrogens with zero attached hydrogens (tertiary/aromatic N) is 2. The zero-order valence-electron chi connectivity index (χ0n) is 20.9. The molecule has 0 spiro atoms. The molecule has 0 aliphatic carbocycles. The van der Waals surface area contributed by atoms with Gasteiger partial charge in [-0.25, -0.2) is 4.79 Å². The van der Waals surface area contributed by atoms with Crippen molar-refractivity contribution in [1.82, 2.24) is 14.9 Å². The Morgan fingerprint density at radius 3 is 2.37 bits per heavy atom. The number of esters is 1. The van der Waals surface area contributed by atoms with Gasteiger partial charge in [0.15, 0.2) is 12.3 Å². The summed E-state index contributed by atoms with van der Waals surface area (Å²) in [6, 6.07) is 15.1. The maximum atomic E-state index is 13.1. The predicted molar refractivity (Wildman–Crippen MR) is 143 cm³/mol. The van der Waals surface area contributed by atoms with Crippen LogP contribution in [-0.4, -0.2) is 47.0 Å². The van der Waals surface area contributed by atoms with Gasteiger partial charge < -0.3 is 20.7 Å². The highest BCUT2D eigenvalue weighted by molar-refractivity contribution is 6.30. The fourth-order valence-corrected chi connectivity index (χ4v) is 3.70. The van der Waals surface area contributed by atoms with Crippen LogP contribution in [0.1, 0.15) is 29.8 Å². The third-order valence-electron chi connectivity index (χ3n) is 5.37. The number of carbonyl (C=O) groups is 3. The number of hydrogen-bond acceptors (Lipinski definition) is 7. The van der Waals surface area contributed by atoms with E-state index in [1.165, 1.54) is 24.3 Å². The third kappa shape index (κ3) is 7.32. The Morgan fingerprint density at radius 2 is 1.74 bits per heavy atom. The number of halogens is 1. The van der Waals surface area contributed by atoms with E-state index in [-0.39, 0.29) is 30.5 Å². The molecule has 0 saturated carbocycles. The molecular weight excluding hydrogens is 514 g/mol. The summed E-state index contributed by atoms with van der Waals surface area (Å²) in [6.45, 7) is 2.59. The van der Waals surface area contributed by atoms with Crippen molar-refractivity contribution in [3.63, 3.8) is 0 Å². The van der Waals surface area contributed by atoms with Crippen LogP contribution in [0.5, 0.6) is 0 Å². The van der Waals surface area contributed by atoms with Crippen molar-refractivity contribution in [3.05, 3.63) is 91.6 Å². The van der Waals surface area contributed by atoms with Crippen LogP contribution in [0.2, 0.25) is 5.02 Å². The number of nitrogen functional groups attached to an aromatic ring is 1. The lowest BCUT2D eigenvalue weighted by Crippen LogP contribution is -2.44. The molecule has 4 N–H and O–H groups in total. The van der Waals surface area contributed by atoms with Crippen LogP contribution < -0.4 is 27.2 Å². The number of hydrogen-bond donors (Lipinski definition) is 3. The highest BCUT2D eigenvalue weighted by Crippen LogP contribution is 2.19. The summed E-state index contributed by atoms with van der Waals surface area (Å²) < 4.78 is 6.19. The van der Waals surface area contributed by atoms with Gasteiger partial charge in [-0.05, 0) is 35.7 Å². The zero-order valence-corrected chi connectivity index (χ0v) is 21.7. The van der Waals surface area contributed by atoms with Crippen molar-refractivity contribution in [2.24, 2.45) is 5.92 Å². The van der Waals surface area contributed by atoms with Gasteiger partial charge in [0, 0.05) is 17.1 Å². The lowest BCUT2D eigenvalue weighted by atomic mass is 10.2. The van der Waals surface area contributed by atoms with Gasteiger partial charge in [-0.15, -0.1) is 0 Å². The minimum absolute atomic E-state index is 0.0699. The molecule has 12 heteroatoms. The first-order valence-electron chi connectivity index (χ1n) is 11.7. The fraction of sp³-hybridized carbons (Fsp3) is 0.269. The van der Waals surface area contributed by atoms with Crippen LogP contribution in [0.3, 0.4) is 0 Å². The molecule has 2 aromatic carbocycles. The van der Waals surface area contributed by atoms with Gasteiger partial charge in [-0.2, -0.15) is 0 Å². The summed E-state index contributed by atoms with van der Waals surface area (Å²) in [5, 5.41) is 2.85. The Morgan fingerprint density at radius 1 is 1.08 bits per heavy atom. The Hall–Kier alpha value is -4.38. The fourth-order valence-electron chi connectivity index (χ4n) is 3.57. The minimum Gasteiger partial charge on any atom is -0.454 e. The monoisotopic (exact) mass is 541 g/mol. The first-order chi connectivity index (χ1) is 18.1. The van der Waals surface area contributed by atoms with Crippen LogP contribution in [0.25, 0.3) is 0 Å². The molecule has 0 atom stereocenters. The average molecular weight is 542 g/mol. The highest BCUT2D eigenvalue weighted by Gasteiger charge is 2.26. The van der Waals surface area contributed by atoms with Gasteiger partial charge in [0.1, 0.15) is 12.4 Å². The number of rotatable bonds is 10. The van der Waals surface area contributed by atoms with Crippen molar-refractivity contribution >= 4 is 40.9 Å². The van der Waals surface area contributed by atoms with Crippen LogP contribution in [0.4, 0.5) is 11.5 Å². The van der Waals surface area contributed by atoms with Crippen LogP contribution in [-0.2, 0) is 20.9 Å². The summed E-state index contributed by atoms with van der Waals surface area (Å²) in [5.41, 5.74) is 5.51. The van der Waals surface area contributed by atoms with Gasteiger partial charge in [0.05, 0.1) is 6.54 Å². The van der Waals surface area contributed by atoms with Gasteiger partial charge in [0.2, 0.25) is 0 Å². The Balaban J connectivity index is 1.74. The van der Waals surface area contributed by atoms with E-state index >= 15 is 0 Å². The number of amides is 2. The van der Waals surface area contributed by atoms with Crippen LogP contribution in [0.15, 0.2) is 64.2 Å². The van der Waals surface area contributed by atoms with E-state index in [1.54, 1.807) is 24.3 Å². The van der Waals surface area contributed by atoms with Crippen LogP contribution in [0, 0.1) is 5.92 Å². The molecule has 11 nitrogen and oxygen atoms in total. The number of carbonyl (C=O) groups excluding carboxylic acids is 3. The topological polar surface area (TPSA) is 157 Å². The first kappa shape index (κ1) is 28.2. The molecule has 0 fully saturated rings. The average Bonchev–Trinajstić information content (AvgIpc) is 2.88. The summed E-state index contributed by atoms with van der Waals surface area (Å²) in [4.78, 5) is 66.0. The number of nitrogens with two attached hydrogens (primary N) is 1. The summed E-state index contributed by atoms with van der Waals surface area (Å²) >= 11 is 5.80. The second-order valence-corrected chi connectivity index (χ2v) is 9.25. The van der Waals surface area contributed by atoms with E-state index in [1.807, 2.05) is 19.9 Å². The van der Waals surface area contributed by atoms with Crippen molar-refractivity contribution in [2.45, 2.75) is 20.4 Å². The van der Waals surface area contributed by atoms with E-state index in [4.69, 9.17) is 22.1 Å². The Labute approximate surface area is 223 Å². The molecule has 3 rings (SSSR count). The standard InChI is InChI=1S/C26H28ClN5O6/c1-16(2)13-31(20(33)15-38-21(34)12-29-24(35)18-8-10-19(27)11-9-18)22-23(28)32(26(37)30-25(22)36)14-17-6-4-3-5-7-17/h3-11,16H,12-15,28H2,1-2H3,(H,29,35)(H,30,36,37). The molecule has 2 amide bonds. The van der Waals surface area contributed by atoms with E-state index in [9.17, 15) is 24.0 Å². The number of anilines is 2. The molecule has 0 saturated heterocycles. The summed E-state index contributed by atoms with van der Waals surface area (Å²) in [5.74, 6) is -2.40. The Bertz CT molecular complexity index is 1420. The first-order valence-corrected chi connectivity index (χ1v) is 12.1. The minimum atomic E-state index is -0.860. The van der Waals surface area contributed by atoms with E-state index < -0.39 is 42.2 Å². The molecular formula is C26H28ClN5O6. The molecule has 38 heavy (non-hydrogen) atoms. The number of aromatic amines is 1. The number of nitrogens with one attached hydrogen (secondary N) is 2. The maximum Gasteiger partial charge on any atom is 0.330 e. The lowest BCUT2D eigenvalue weighted by Gasteiger charge is -2.26. The molecule has 0 bridgehead atoms. The highest BCUT2D eigenvalue weighted by atomic mass is 35.5. The SMILES string of the molecule is CC(C)CN(C(=O)COC(=O)CNC(=O)c1ccc(Cl)cc1)c1c(N)n(Cc2ccccc2)c(=O)[nH]c1=O. The number of ether oxygens (including phenoxy) is 1. The Kier molecular flexibility index (Phi) is 9.44. The molecule has 3 aromatic rings. The van der Waals surface area contributed by atoms with Crippen molar-refractivity contribution < 1.29 is 19.1 Å². The second kappa shape index (κ2) is 12.7. The van der Waals surface area contributed by atoms with Gasteiger partial charge in [-0.1, -0.05) is 55.8 Å².